The third-order valence-corrected chi connectivity index (χ3v) is 2.62. The van der Waals surface area contributed by atoms with E-state index in [4.69, 9.17) is 10.00 Å². The van der Waals surface area contributed by atoms with E-state index in [9.17, 15) is 0 Å². The minimum atomic E-state index is -0.606. The highest BCUT2D eigenvalue weighted by Gasteiger charge is 2.24. The van der Waals surface area contributed by atoms with Gasteiger partial charge in [0.2, 0.25) is 0 Å². The first-order valence-corrected chi connectivity index (χ1v) is 6.36. The maximum Gasteiger partial charge on any atom is 0.127 e. The predicted molar refractivity (Wildman–Crippen MR) is 73.3 cm³/mol. The Morgan fingerprint density at radius 3 is 2.56 bits per heavy atom. The summed E-state index contributed by atoms with van der Waals surface area (Å²) in [6, 6.07) is 12.8. The van der Waals surface area contributed by atoms with Gasteiger partial charge in [-0.05, 0) is 32.8 Å². The van der Waals surface area contributed by atoms with Crippen molar-refractivity contribution in [1.29, 1.82) is 5.26 Å². The van der Waals surface area contributed by atoms with Gasteiger partial charge in [-0.1, -0.05) is 30.3 Å². The molecule has 0 amide bonds. The molecule has 0 aromatic heterocycles. The lowest BCUT2D eigenvalue weighted by Gasteiger charge is -2.25. The van der Waals surface area contributed by atoms with Crippen molar-refractivity contribution >= 4 is 0 Å². The lowest BCUT2D eigenvalue weighted by molar-refractivity contribution is 0.0945. The zero-order valence-electron chi connectivity index (χ0n) is 11.4. The number of benzene rings is 1. The maximum atomic E-state index is 9.16. The fourth-order valence-corrected chi connectivity index (χ4v) is 1.85. The molecule has 3 nitrogen and oxygen atoms in total. The standard InChI is InChI=1S/C15H22N2O/c1-13(2)17-15(3,11-16)12-18-10-9-14-7-5-4-6-8-14/h4-8,13,17H,9-10,12H2,1-3H3. The molecule has 0 saturated heterocycles. The van der Waals surface area contributed by atoms with E-state index < -0.39 is 5.54 Å². The van der Waals surface area contributed by atoms with Crippen LogP contribution < -0.4 is 5.32 Å². The number of hydrogen-bond donors (Lipinski definition) is 1. The van der Waals surface area contributed by atoms with Crippen LogP contribution in [0.15, 0.2) is 30.3 Å². The van der Waals surface area contributed by atoms with Gasteiger partial charge in [0.25, 0.3) is 0 Å². The number of nitrogens with zero attached hydrogens (tertiary/aromatic N) is 1. The first-order valence-electron chi connectivity index (χ1n) is 6.36. The molecular weight excluding hydrogens is 224 g/mol. The Morgan fingerprint density at radius 1 is 1.33 bits per heavy atom. The van der Waals surface area contributed by atoms with Gasteiger partial charge in [0.05, 0.1) is 19.3 Å². The van der Waals surface area contributed by atoms with Gasteiger partial charge in [-0.25, -0.2) is 0 Å². The van der Waals surface area contributed by atoms with E-state index in [-0.39, 0.29) is 6.04 Å². The van der Waals surface area contributed by atoms with Crippen LogP contribution in [0.4, 0.5) is 0 Å². The molecule has 1 aromatic carbocycles. The molecule has 0 aliphatic heterocycles. The summed E-state index contributed by atoms with van der Waals surface area (Å²) < 4.78 is 5.61. The quantitative estimate of drug-likeness (QED) is 0.752. The Labute approximate surface area is 110 Å². The fraction of sp³-hybridized carbons (Fsp3) is 0.533. The third kappa shape index (κ3) is 5.31. The maximum absolute atomic E-state index is 9.16. The molecule has 1 rings (SSSR count). The molecule has 0 aliphatic carbocycles. The summed E-state index contributed by atoms with van der Waals surface area (Å²) in [6.45, 7) is 6.98. The molecule has 0 bridgehead atoms. The summed E-state index contributed by atoms with van der Waals surface area (Å²) in [7, 11) is 0. The van der Waals surface area contributed by atoms with E-state index in [0.717, 1.165) is 6.42 Å². The average molecular weight is 246 g/mol. The van der Waals surface area contributed by atoms with E-state index in [2.05, 4.69) is 23.5 Å². The number of nitrogens with one attached hydrogen (secondary N) is 1. The van der Waals surface area contributed by atoms with Gasteiger partial charge >= 0.3 is 0 Å². The highest BCUT2D eigenvalue weighted by atomic mass is 16.5. The monoisotopic (exact) mass is 246 g/mol. The minimum Gasteiger partial charge on any atom is -0.378 e. The van der Waals surface area contributed by atoms with Crippen molar-refractivity contribution in [3.05, 3.63) is 35.9 Å². The van der Waals surface area contributed by atoms with Crippen molar-refractivity contribution in [2.24, 2.45) is 0 Å². The highest BCUT2D eigenvalue weighted by molar-refractivity contribution is 5.14. The summed E-state index contributed by atoms with van der Waals surface area (Å²) in [5.74, 6) is 0. The Balaban J connectivity index is 2.30. The summed E-state index contributed by atoms with van der Waals surface area (Å²) in [6.07, 6.45) is 0.879. The zero-order valence-corrected chi connectivity index (χ0v) is 11.4. The zero-order chi connectivity index (χ0) is 13.4. The van der Waals surface area contributed by atoms with E-state index >= 15 is 0 Å². The van der Waals surface area contributed by atoms with Crippen LogP contribution in [0.5, 0.6) is 0 Å². The van der Waals surface area contributed by atoms with Crippen molar-refractivity contribution in [3.8, 4) is 6.07 Å². The average Bonchev–Trinajstić information content (AvgIpc) is 2.35. The van der Waals surface area contributed by atoms with Crippen LogP contribution in [0.1, 0.15) is 26.3 Å². The van der Waals surface area contributed by atoms with E-state index in [1.165, 1.54) is 5.56 Å². The Morgan fingerprint density at radius 2 is 2.00 bits per heavy atom. The minimum absolute atomic E-state index is 0.271. The first kappa shape index (κ1) is 14.7. The second-order valence-corrected chi connectivity index (χ2v) is 5.03. The topological polar surface area (TPSA) is 45.0 Å². The molecule has 0 aliphatic rings. The predicted octanol–water partition coefficient (Wildman–Crippen LogP) is 2.53. The van der Waals surface area contributed by atoms with Crippen LogP contribution >= 0.6 is 0 Å². The number of rotatable bonds is 7. The fourth-order valence-electron chi connectivity index (χ4n) is 1.85. The third-order valence-electron chi connectivity index (χ3n) is 2.62. The molecule has 1 N–H and O–H groups in total. The molecule has 0 radical (unpaired) electrons. The van der Waals surface area contributed by atoms with Gasteiger partial charge in [-0.3, -0.25) is 5.32 Å². The van der Waals surface area contributed by atoms with Gasteiger partial charge in [0.1, 0.15) is 5.54 Å². The number of nitriles is 1. The van der Waals surface area contributed by atoms with E-state index in [1.807, 2.05) is 39.0 Å². The van der Waals surface area contributed by atoms with Gasteiger partial charge < -0.3 is 4.74 Å². The van der Waals surface area contributed by atoms with Crippen LogP contribution in [0.2, 0.25) is 0 Å². The molecule has 98 valence electrons. The van der Waals surface area contributed by atoms with Crippen molar-refractivity contribution in [2.45, 2.75) is 38.8 Å². The first-order chi connectivity index (χ1) is 8.56. The molecule has 3 heteroatoms. The Bertz CT molecular complexity index is 383. The van der Waals surface area contributed by atoms with Crippen LogP contribution in [-0.2, 0) is 11.2 Å². The normalized spacial score (nSPS) is 14.2. The molecule has 1 unspecified atom stereocenters. The number of ether oxygens (including phenoxy) is 1. The lowest BCUT2D eigenvalue weighted by Crippen LogP contribution is -2.48. The molecule has 0 saturated carbocycles. The van der Waals surface area contributed by atoms with Gasteiger partial charge in [0, 0.05) is 6.04 Å². The SMILES string of the molecule is CC(C)NC(C)(C#N)COCCc1ccccc1. The van der Waals surface area contributed by atoms with Gasteiger partial charge in [0.15, 0.2) is 0 Å². The summed E-state index contributed by atoms with van der Waals surface area (Å²) in [4.78, 5) is 0. The lowest BCUT2D eigenvalue weighted by atomic mass is 10.1. The molecule has 18 heavy (non-hydrogen) atoms. The molecule has 0 spiro atoms. The van der Waals surface area contributed by atoms with Crippen molar-refractivity contribution in [1.82, 2.24) is 5.32 Å². The smallest absolute Gasteiger partial charge is 0.127 e. The van der Waals surface area contributed by atoms with Crippen LogP contribution in [0.25, 0.3) is 0 Å². The molecule has 0 heterocycles. The summed E-state index contributed by atoms with van der Waals surface area (Å²) >= 11 is 0. The Hall–Kier alpha value is -1.37. The van der Waals surface area contributed by atoms with Gasteiger partial charge in [-0.15, -0.1) is 0 Å². The van der Waals surface area contributed by atoms with Crippen molar-refractivity contribution < 1.29 is 4.74 Å². The van der Waals surface area contributed by atoms with E-state index in [0.29, 0.717) is 13.2 Å². The second kappa shape index (κ2) is 7.15. The number of hydrogen-bond acceptors (Lipinski definition) is 3. The molecule has 1 atom stereocenters. The molecule has 1 aromatic rings. The second-order valence-electron chi connectivity index (χ2n) is 5.03. The van der Waals surface area contributed by atoms with Crippen LogP contribution in [0, 0.1) is 11.3 Å². The summed E-state index contributed by atoms with van der Waals surface area (Å²) in [5.41, 5.74) is 0.651. The van der Waals surface area contributed by atoms with Gasteiger partial charge in [-0.2, -0.15) is 5.26 Å². The summed E-state index contributed by atoms with van der Waals surface area (Å²) in [5, 5.41) is 12.4. The van der Waals surface area contributed by atoms with Crippen molar-refractivity contribution in [2.75, 3.05) is 13.2 Å². The largest absolute Gasteiger partial charge is 0.378 e. The Kier molecular flexibility index (Phi) is 5.84. The van der Waals surface area contributed by atoms with Crippen LogP contribution in [0.3, 0.4) is 0 Å². The van der Waals surface area contributed by atoms with Crippen molar-refractivity contribution in [3.63, 3.8) is 0 Å². The van der Waals surface area contributed by atoms with Crippen LogP contribution in [-0.4, -0.2) is 24.8 Å². The molecular formula is C15H22N2O. The highest BCUT2D eigenvalue weighted by Crippen LogP contribution is 2.06. The van der Waals surface area contributed by atoms with E-state index in [1.54, 1.807) is 0 Å². The molecule has 0 fully saturated rings.